The topological polar surface area (TPSA) is 61.9 Å². The summed E-state index contributed by atoms with van der Waals surface area (Å²) in [5.74, 6) is 1.30. The average Bonchev–Trinajstić information content (AvgIpc) is 3.03. The van der Waals surface area contributed by atoms with Gasteiger partial charge >= 0.3 is 0 Å². The Kier molecular flexibility index (Phi) is 4.60. The summed E-state index contributed by atoms with van der Waals surface area (Å²) >= 11 is 0. The van der Waals surface area contributed by atoms with Gasteiger partial charge < -0.3 is 9.88 Å². The van der Waals surface area contributed by atoms with Gasteiger partial charge in [-0.2, -0.15) is 0 Å². The molecule has 0 saturated carbocycles. The molecule has 0 aliphatic rings. The second kappa shape index (κ2) is 6.83. The van der Waals surface area contributed by atoms with Gasteiger partial charge in [0.25, 0.3) is 5.91 Å². The predicted molar refractivity (Wildman–Crippen MR) is 95.1 cm³/mol. The van der Waals surface area contributed by atoms with Gasteiger partial charge in [0.05, 0.1) is 11.0 Å². The van der Waals surface area contributed by atoms with Crippen LogP contribution in [0.1, 0.15) is 41.5 Å². The number of nitrogens with zero attached hydrogens (tertiary/aromatic N) is 3. The molecule has 0 saturated heterocycles. The molecule has 0 fully saturated rings. The fourth-order valence-electron chi connectivity index (χ4n) is 2.60. The van der Waals surface area contributed by atoms with Crippen LogP contribution in [-0.2, 0) is 6.42 Å². The molecule has 2 aromatic heterocycles. The first-order chi connectivity index (χ1) is 11.5. The molecule has 3 aromatic rings. The van der Waals surface area contributed by atoms with Crippen molar-refractivity contribution in [3.63, 3.8) is 0 Å². The molecule has 5 heteroatoms. The Morgan fingerprint density at radius 3 is 2.67 bits per heavy atom. The largest absolute Gasteiger partial charge is 0.342 e. The number of likely N-dealkylation sites (N-methyl/N-ethyl adjacent to an activating group) is 1. The Morgan fingerprint density at radius 1 is 1.21 bits per heavy atom. The van der Waals surface area contributed by atoms with E-state index in [1.807, 2.05) is 37.4 Å². The molecule has 1 aromatic carbocycles. The molecule has 0 aliphatic heterocycles. The number of carbonyl (C=O) groups excluding carboxylic acids is 1. The number of fused-ring (bicyclic) bond motifs is 1. The van der Waals surface area contributed by atoms with Gasteiger partial charge in [0.2, 0.25) is 0 Å². The maximum absolute atomic E-state index is 12.6. The van der Waals surface area contributed by atoms with Gasteiger partial charge in [-0.1, -0.05) is 13.8 Å². The fourth-order valence-corrected chi connectivity index (χ4v) is 2.60. The summed E-state index contributed by atoms with van der Waals surface area (Å²) < 4.78 is 0. The van der Waals surface area contributed by atoms with E-state index < -0.39 is 0 Å². The SMILES string of the molecule is CC(C)c1nc2ccc(C(=O)N(C)CCc3ccncc3)cc2[nH]1. The molecule has 0 radical (unpaired) electrons. The van der Waals surface area contributed by atoms with E-state index in [4.69, 9.17) is 0 Å². The van der Waals surface area contributed by atoms with Crippen LogP contribution >= 0.6 is 0 Å². The van der Waals surface area contributed by atoms with E-state index >= 15 is 0 Å². The molecule has 0 unspecified atom stereocenters. The van der Waals surface area contributed by atoms with E-state index in [2.05, 4.69) is 28.8 Å². The number of amides is 1. The molecular weight excluding hydrogens is 300 g/mol. The normalized spacial score (nSPS) is 11.2. The molecule has 0 atom stereocenters. The zero-order chi connectivity index (χ0) is 17.1. The highest BCUT2D eigenvalue weighted by molar-refractivity contribution is 5.97. The molecule has 0 spiro atoms. The first kappa shape index (κ1) is 16.2. The lowest BCUT2D eigenvalue weighted by molar-refractivity contribution is 0.0797. The molecule has 124 valence electrons. The Bertz CT molecular complexity index is 839. The standard InChI is InChI=1S/C19H22N4O/c1-13(2)18-21-16-5-4-15(12-17(16)22-18)19(24)23(3)11-8-14-6-9-20-10-7-14/h4-7,9-10,12-13H,8,11H2,1-3H3,(H,21,22). The molecule has 3 rings (SSSR count). The van der Waals surface area contributed by atoms with Crippen LogP contribution in [0.25, 0.3) is 11.0 Å². The minimum absolute atomic E-state index is 0.0200. The number of hydrogen-bond donors (Lipinski definition) is 1. The van der Waals surface area contributed by atoms with E-state index in [9.17, 15) is 4.79 Å². The number of pyridine rings is 1. The number of benzene rings is 1. The van der Waals surface area contributed by atoms with Gasteiger partial charge in [0.15, 0.2) is 0 Å². The fraction of sp³-hybridized carbons (Fsp3) is 0.316. The molecule has 0 aliphatic carbocycles. The van der Waals surface area contributed by atoms with Gasteiger partial charge in [-0.15, -0.1) is 0 Å². The van der Waals surface area contributed by atoms with Crippen molar-refractivity contribution in [2.24, 2.45) is 0 Å². The third-order valence-corrected chi connectivity index (χ3v) is 4.13. The van der Waals surface area contributed by atoms with Crippen molar-refractivity contribution >= 4 is 16.9 Å². The Morgan fingerprint density at radius 2 is 1.96 bits per heavy atom. The van der Waals surface area contributed by atoms with Crippen molar-refractivity contribution in [3.8, 4) is 0 Å². The summed E-state index contributed by atoms with van der Waals surface area (Å²) in [6, 6.07) is 9.59. The number of imidazole rings is 1. The summed E-state index contributed by atoms with van der Waals surface area (Å²) in [4.78, 5) is 26.2. The number of aromatic amines is 1. The quantitative estimate of drug-likeness (QED) is 0.783. The number of hydrogen-bond acceptors (Lipinski definition) is 3. The van der Waals surface area contributed by atoms with Crippen molar-refractivity contribution in [1.82, 2.24) is 19.9 Å². The van der Waals surface area contributed by atoms with Crippen LogP contribution in [0.15, 0.2) is 42.7 Å². The van der Waals surface area contributed by atoms with Crippen molar-refractivity contribution in [2.75, 3.05) is 13.6 Å². The van der Waals surface area contributed by atoms with Crippen molar-refractivity contribution in [2.45, 2.75) is 26.2 Å². The van der Waals surface area contributed by atoms with E-state index in [0.717, 1.165) is 23.3 Å². The van der Waals surface area contributed by atoms with Crippen LogP contribution < -0.4 is 0 Å². The molecule has 5 nitrogen and oxygen atoms in total. The molecule has 24 heavy (non-hydrogen) atoms. The average molecular weight is 322 g/mol. The van der Waals surface area contributed by atoms with Crippen LogP contribution in [0.3, 0.4) is 0 Å². The second-order valence-electron chi connectivity index (χ2n) is 6.34. The number of aromatic nitrogens is 3. The van der Waals surface area contributed by atoms with Gasteiger partial charge in [-0.05, 0) is 42.3 Å². The monoisotopic (exact) mass is 322 g/mol. The summed E-state index contributed by atoms with van der Waals surface area (Å²) in [6.45, 7) is 4.86. The number of H-pyrrole nitrogens is 1. The highest BCUT2D eigenvalue weighted by atomic mass is 16.2. The summed E-state index contributed by atoms with van der Waals surface area (Å²) in [5.41, 5.74) is 3.66. The van der Waals surface area contributed by atoms with E-state index in [-0.39, 0.29) is 5.91 Å². The van der Waals surface area contributed by atoms with Crippen LogP contribution in [0.2, 0.25) is 0 Å². The van der Waals surface area contributed by atoms with E-state index in [1.54, 1.807) is 17.3 Å². The van der Waals surface area contributed by atoms with Gasteiger partial charge in [0, 0.05) is 37.5 Å². The highest BCUT2D eigenvalue weighted by Gasteiger charge is 2.14. The molecular formula is C19H22N4O. The minimum Gasteiger partial charge on any atom is -0.342 e. The van der Waals surface area contributed by atoms with Crippen molar-refractivity contribution < 1.29 is 4.79 Å². The molecule has 1 N–H and O–H groups in total. The summed E-state index contributed by atoms with van der Waals surface area (Å²) in [6.07, 6.45) is 4.36. The van der Waals surface area contributed by atoms with Crippen LogP contribution in [0, 0.1) is 0 Å². The van der Waals surface area contributed by atoms with Gasteiger partial charge in [-0.25, -0.2) is 4.98 Å². The molecule has 0 bridgehead atoms. The van der Waals surface area contributed by atoms with Crippen molar-refractivity contribution in [1.29, 1.82) is 0 Å². The number of rotatable bonds is 5. The maximum atomic E-state index is 12.6. The predicted octanol–water partition coefficient (Wildman–Crippen LogP) is 3.40. The number of carbonyl (C=O) groups is 1. The molecule has 2 heterocycles. The number of nitrogens with one attached hydrogen (secondary N) is 1. The van der Waals surface area contributed by atoms with Gasteiger partial charge in [-0.3, -0.25) is 9.78 Å². The summed E-state index contributed by atoms with van der Waals surface area (Å²) in [7, 11) is 1.83. The van der Waals surface area contributed by atoms with Crippen LogP contribution in [-0.4, -0.2) is 39.4 Å². The Balaban J connectivity index is 1.72. The third kappa shape index (κ3) is 3.45. The smallest absolute Gasteiger partial charge is 0.253 e. The van der Waals surface area contributed by atoms with Crippen LogP contribution in [0.4, 0.5) is 0 Å². The first-order valence-electron chi connectivity index (χ1n) is 8.18. The first-order valence-corrected chi connectivity index (χ1v) is 8.18. The third-order valence-electron chi connectivity index (χ3n) is 4.13. The minimum atomic E-state index is 0.0200. The van der Waals surface area contributed by atoms with Gasteiger partial charge in [0.1, 0.15) is 5.82 Å². The highest BCUT2D eigenvalue weighted by Crippen LogP contribution is 2.19. The maximum Gasteiger partial charge on any atom is 0.253 e. The zero-order valence-corrected chi connectivity index (χ0v) is 14.3. The zero-order valence-electron chi connectivity index (χ0n) is 14.3. The van der Waals surface area contributed by atoms with E-state index in [0.29, 0.717) is 18.0 Å². The summed E-state index contributed by atoms with van der Waals surface area (Å²) in [5, 5.41) is 0. The second-order valence-corrected chi connectivity index (χ2v) is 6.34. The Hall–Kier alpha value is -2.69. The van der Waals surface area contributed by atoms with E-state index in [1.165, 1.54) is 5.56 Å². The van der Waals surface area contributed by atoms with Crippen LogP contribution in [0.5, 0.6) is 0 Å². The lowest BCUT2D eigenvalue weighted by atomic mass is 10.1. The molecule has 1 amide bonds. The Labute approximate surface area is 141 Å². The lowest BCUT2D eigenvalue weighted by Gasteiger charge is -2.17. The van der Waals surface area contributed by atoms with Crippen molar-refractivity contribution in [3.05, 3.63) is 59.7 Å². The lowest BCUT2D eigenvalue weighted by Crippen LogP contribution is -2.28.